The molecule has 0 aliphatic carbocycles. The normalized spacial score (nSPS) is 10.7. The van der Waals surface area contributed by atoms with E-state index in [1.54, 1.807) is 12.3 Å². The van der Waals surface area contributed by atoms with E-state index in [0.29, 0.717) is 12.4 Å². The molecule has 0 fully saturated rings. The summed E-state index contributed by atoms with van der Waals surface area (Å²) >= 11 is 0. The third kappa shape index (κ3) is 4.54. The summed E-state index contributed by atoms with van der Waals surface area (Å²) in [4.78, 5) is 17.1. The molecule has 0 atom stereocenters. The zero-order valence-electron chi connectivity index (χ0n) is 12.8. The number of aromatic amines is 1. The van der Waals surface area contributed by atoms with E-state index < -0.39 is 5.69 Å². The molecule has 0 aliphatic heterocycles. The van der Waals surface area contributed by atoms with E-state index in [1.807, 2.05) is 54.6 Å². The highest BCUT2D eigenvalue weighted by molar-refractivity contribution is 5.80. The fraction of sp³-hybridized carbons (Fsp3) is 0.0556. The third-order valence-electron chi connectivity index (χ3n) is 3.20. The Morgan fingerprint density at radius 3 is 2.62 bits per heavy atom. The molecule has 0 amide bonds. The number of aromatic nitrogens is 2. The van der Waals surface area contributed by atoms with Crippen LogP contribution >= 0.6 is 0 Å². The zero-order chi connectivity index (χ0) is 16.6. The number of ether oxygens (including phenoxy) is 1. The summed E-state index contributed by atoms with van der Waals surface area (Å²) in [6.07, 6.45) is 3.06. The number of hydrogen-bond acceptors (Lipinski definition) is 5. The predicted octanol–water partition coefficient (Wildman–Crippen LogP) is 2.79. The van der Waals surface area contributed by atoms with Crippen molar-refractivity contribution in [3.8, 4) is 5.75 Å². The molecular weight excluding hydrogens is 304 g/mol. The average Bonchev–Trinajstić information content (AvgIpc) is 2.62. The van der Waals surface area contributed by atoms with Crippen molar-refractivity contribution in [3.05, 3.63) is 88.5 Å². The molecule has 0 unspecified atom stereocenters. The summed E-state index contributed by atoms with van der Waals surface area (Å²) in [6, 6.07) is 19.2. The smallest absolute Gasteiger partial charge is 0.346 e. The number of nitrogens with one attached hydrogen (secondary N) is 2. The zero-order valence-corrected chi connectivity index (χ0v) is 12.8. The number of benzene rings is 2. The fourth-order valence-electron chi connectivity index (χ4n) is 2.00. The summed E-state index contributed by atoms with van der Waals surface area (Å²) in [5.41, 5.74) is 4.35. The molecule has 2 N–H and O–H groups in total. The van der Waals surface area contributed by atoms with Crippen LogP contribution in [0.3, 0.4) is 0 Å². The summed E-state index contributed by atoms with van der Waals surface area (Å²) in [7, 11) is 0. The van der Waals surface area contributed by atoms with Gasteiger partial charge in [0.1, 0.15) is 18.2 Å². The van der Waals surface area contributed by atoms with Gasteiger partial charge in [-0.3, -0.25) is 10.4 Å². The van der Waals surface area contributed by atoms with Gasteiger partial charge in [0.2, 0.25) is 0 Å². The third-order valence-corrected chi connectivity index (χ3v) is 3.20. The van der Waals surface area contributed by atoms with Crippen LogP contribution in [0, 0.1) is 0 Å². The number of rotatable bonds is 6. The molecule has 3 rings (SSSR count). The molecule has 2 aromatic carbocycles. The Morgan fingerprint density at radius 1 is 1.08 bits per heavy atom. The van der Waals surface area contributed by atoms with E-state index in [0.717, 1.165) is 16.9 Å². The van der Waals surface area contributed by atoms with Gasteiger partial charge in [0.25, 0.3) is 0 Å². The number of hydrazone groups is 1. The van der Waals surface area contributed by atoms with Crippen LogP contribution in [-0.4, -0.2) is 16.2 Å². The van der Waals surface area contributed by atoms with Crippen molar-refractivity contribution in [2.45, 2.75) is 6.61 Å². The van der Waals surface area contributed by atoms with Crippen LogP contribution in [0.1, 0.15) is 11.1 Å². The molecule has 24 heavy (non-hydrogen) atoms. The van der Waals surface area contributed by atoms with Gasteiger partial charge in [0.15, 0.2) is 0 Å². The molecule has 1 heterocycles. The van der Waals surface area contributed by atoms with Crippen molar-refractivity contribution in [3.63, 3.8) is 0 Å². The van der Waals surface area contributed by atoms with Gasteiger partial charge in [-0.15, -0.1) is 0 Å². The molecule has 120 valence electrons. The van der Waals surface area contributed by atoms with Crippen LogP contribution in [0.15, 0.2) is 76.8 Å². The Hall–Kier alpha value is -3.41. The first-order valence-corrected chi connectivity index (χ1v) is 7.41. The van der Waals surface area contributed by atoms with Crippen molar-refractivity contribution in [1.82, 2.24) is 9.97 Å². The van der Waals surface area contributed by atoms with Crippen LogP contribution in [0.5, 0.6) is 5.75 Å². The molecule has 0 radical (unpaired) electrons. The Kier molecular flexibility index (Phi) is 4.99. The lowest BCUT2D eigenvalue weighted by Gasteiger charge is -2.06. The Morgan fingerprint density at radius 2 is 1.88 bits per heavy atom. The van der Waals surface area contributed by atoms with Gasteiger partial charge in [-0.1, -0.05) is 30.3 Å². The minimum Gasteiger partial charge on any atom is -0.489 e. The second-order valence-corrected chi connectivity index (χ2v) is 5.00. The van der Waals surface area contributed by atoms with Crippen molar-refractivity contribution in [2.24, 2.45) is 5.10 Å². The van der Waals surface area contributed by atoms with Gasteiger partial charge < -0.3 is 4.74 Å². The van der Waals surface area contributed by atoms with Crippen LogP contribution < -0.4 is 15.9 Å². The van der Waals surface area contributed by atoms with Crippen LogP contribution in [0.4, 0.5) is 5.82 Å². The van der Waals surface area contributed by atoms with E-state index in [9.17, 15) is 4.79 Å². The lowest BCUT2D eigenvalue weighted by atomic mass is 10.2. The minimum atomic E-state index is -0.421. The summed E-state index contributed by atoms with van der Waals surface area (Å²) in [5, 5.41) is 4.06. The summed E-state index contributed by atoms with van der Waals surface area (Å²) < 4.78 is 5.73. The number of hydrogen-bond donors (Lipinski definition) is 2. The average molecular weight is 320 g/mol. The fourth-order valence-corrected chi connectivity index (χ4v) is 2.00. The predicted molar refractivity (Wildman–Crippen MR) is 93.3 cm³/mol. The van der Waals surface area contributed by atoms with Crippen molar-refractivity contribution in [2.75, 3.05) is 5.43 Å². The largest absolute Gasteiger partial charge is 0.489 e. The van der Waals surface area contributed by atoms with Crippen molar-refractivity contribution >= 4 is 12.0 Å². The quantitative estimate of drug-likeness (QED) is 0.541. The highest BCUT2D eigenvalue weighted by Gasteiger charge is 1.96. The molecule has 0 spiro atoms. The molecule has 0 saturated carbocycles. The Bertz CT molecular complexity index is 858. The first-order valence-electron chi connectivity index (χ1n) is 7.41. The van der Waals surface area contributed by atoms with Gasteiger partial charge in [0.05, 0.1) is 6.21 Å². The lowest BCUT2D eigenvalue weighted by molar-refractivity contribution is 0.306. The van der Waals surface area contributed by atoms with Crippen LogP contribution in [0.25, 0.3) is 0 Å². The molecule has 6 nitrogen and oxygen atoms in total. The summed E-state index contributed by atoms with van der Waals surface area (Å²) in [6.45, 7) is 0.533. The first-order chi connectivity index (χ1) is 11.8. The van der Waals surface area contributed by atoms with Crippen LogP contribution in [-0.2, 0) is 6.61 Å². The number of anilines is 1. The van der Waals surface area contributed by atoms with E-state index in [1.165, 1.54) is 6.20 Å². The second kappa shape index (κ2) is 7.73. The standard InChI is InChI=1S/C18H16N4O2/c23-18-19-11-10-17(21-18)22-20-12-14-6-8-16(9-7-14)24-13-15-4-2-1-3-5-15/h1-12H,13H2,(H2,19,21,22,23)/b20-12+. The van der Waals surface area contributed by atoms with Gasteiger partial charge in [0, 0.05) is 6.20 Å². The maximum absolute atomic E-state index is 11.1. The topological polar surface area (TPSA) is 79.4 Å². The van der Waals surface area contributed by atoms with Crippen LogP contribution in [0.2, 0.25) is 0 Å². The Labute approximate surface area is 138 Å². The van der Waals surface area contributed by atoms with Gasteiger partial charge in [-0.25, -0.2) is 9.78 Å². The second-order valence-electron chi connectivity index (χ2n) is 5.00. The molecule has 1 aromatic heterocycles. The van der Waals surface area contributed by atoms with Gasteiger partial charge >= 0.3 is 5.69 Å². The molecule has 3 aromatic rings. The van der Waals surface area contributed by atoms with Gasteiger partial charge in [-0.2, -0.15) is 5.10 Å². The van der Waals surface area contributed by atoms with E-state index in [4.69, 9.17) is 4.74 Å². The Balaban J connectivity index is 1.54. The summed E-state index contributed by atoms with van der Waals surface area (Å²) in [5.74, 6) is 1.27. The van der Waals surface area contributed by atoms with E-state index in [-0.39, 0.29) is 0 Å². The minimum absolute atomic E-state index is 0.421. The van der Waals surface area contributed by atoms with E-state index in [2.05, 4.69) is 20.5 Å². The molecule has 0 saturated heterocycles. The molecule has 0 bridgehead atoms. The molecular formula is C18H16N4O2. The number of H-pyrrole nitrogens is 1. The SMILES string of the molecule is O=c1nccc(N/N=C/c2ccc(OCc3ccccc3)cc2)[nH]1. The van der Waals surface area contributed by atoms with Gasteiger partial charge in [-0.05, 0) is 41.5 Å². The number of nitrogens with zero attached hydrogens (tertiary/aromatic N) is 2. The molecule has 0 aliphatic rings. The van der Waals surface area contributed by atoms with E-state index >= 15 is 0 Å². The highest BCUT2D eigenvalue weighted by Crippen LogP contribution is 2.13. The van der Waals surface area contributed by atoms with Crippen molar-refractivity contribution in [1.29, 1.82) is 0 Å². The van der Waals surface area contributed by atoms with Crippen molar-refractivity contribution < 1.29 is 4.74 Å². The lowest BCUT2D eigenvalue weighted by Crippen LogP contribution is -2.10. The highest BCUT2D eigenvalue weighted by atomic mass is 16.5. The maximum atomic E-state index is 11.1. The monoisotopic (exact) mass is 320 g/mol. The maximum Gasteiger partial charge on any atom is 0.346 e. The molecule has 6 heteroatoms. The first kappa shape index (κ1) is 15.5.